The van der Waals surface area contributed by atoms with Gasteiger partial charge in [0.1, 0.15) is 4.90 Å². The van der Waals surface area contributed by atoms with Crippen LogP contribution in [0.2, 0.25) is 0 Å². The second kappa shape index (κ2) is 5.60. The number of piperidine rings is 1. The van der Waals surface area contributed by atoms with Crippen LogP contribution in [0.25, 0.3) is 10.2 Å². The van der Waals surface area contributed by atoms with E-state index in [2.05, 4.69) is 4.98 Å². The third kappa shape index (κ3) is 2.62. The average Bonchev–Trinajstić information content (AvgIpc) is 2.96. The molecule has 0 radical (unpaired) electrons. The van der Waals surface area contributed by atoms with Crippen molar-refractivity contribution in [3.8, 4) is 0 Å². The Morgan fingerprint density at radius 2 is 2.23 bits per heavy atom. The van der Waals surface area contributed by atoms with Crippen molar-refractivity contribution in [3.63, 3.8) is 0 Å². The lowest BCUT2D eigenvalue weighted by Crippen LogP contribution is -2.49. The maximum absolute atomic E-state index is 12.8. The first-order chi connectivity index (χ1) is 10.4. The van der Waals surface area contributed by atoms with Crippen LogP contribution in [0.4, 0.5) is 0 Å². The fourth-order valence-electron chi connectivity index (χ4n) is 2.62. The minimum atomic E-state index is -3.61. The summed E-state index contributed by atoms with van der Waals surface area (Å²) in [5.41, 5.74) is 0.801. The van der Waals surface area contributed by atoms with E-state index >= 15 is 0 Å². The van der Waals surface area contributed by atoms with E-state index in [1.54, 1.807) is 25.1 Å². The second-order valence-corrected chi connectivity index (χ2v) is 8.41. The smallest absolute Gasteiger partial charge is 0.244 e. The molecule has 1 saturated heterocycles. The van der Waals surface area contributed by atoms with E-state index in [1.807, 2.05) is 11.4 Å². The van der Waals surface area contributed by atoms with Crippen molar-refractivity contribution in [3.05, 3.63) is 23.7 Å². The van der Waals surface area contributed by atoms with Crippen molar-refractivity contribution in [2.45, 2.75) is 23.8 Å². The molecule has 6 nitrogen and oxygen atoms in total. The van der Waals surface area contributed by atoms with Crippen LogP contribution in [-0.4, -0.2) is 55.2 Å². The molecule has 0 saturated carbocycles. The number of aromatic nitrogens is 1. The van der Waals surface area contributed by atoms with E-state index in [4.69, 9.17) is 0 Å². The monoisotopic (exact) mass is 339 g/mol. The van der Waals surface area contributed by atoms with Gasteiger partial charge in [-0.3, -0.25) is 9.78 Å². The number of hydrogen-bond donors (Lipinski definition) is 0. The molecule has 1 unspecified atom stereocenters. The number of amides is 1. The lowest BCUT2D eigenvalue weighted by atomic mass is 10.1. The molecule has 0 N–H and O–H groups in total. The van der Waals surface area contributed by atoms with Crippen molar-refractivity contribution >= 4 is 37.5 Å². The summed E-state index contributed by atoms with van der Waals surface area (Å²) in [4.78, 5) is 17.5. The van der Waals surface area contributed by atoms with Gasteiger partial charge in [0, 0.05) is 39.3 Å². The van der Waals surface area contributed by atoms with Gasteiger partial charge in [0.2, 0.25) is 15.9 Å². The molecule has 22 heavy (non-hydrogen) atoms. The van der Waals surface area contributed by atoms with Gasteiger partial charge in [-0.05, 0) is 23.9 Å². The number of sulfonamides is 1. The van der Waals surface area contributed by atoms with E-state index in [0.717, 1.165) is 10.2 Å². The molecule has 8 heteroatoms. The van der Waals surface area contributed by atoms with E-state index in [9.17, 15) is 13.2 Å². The number of carbonyl (C=O) groups is 1. The highest BCUT2D eigenvalue weighted by Gasteiger charge is 2.33. The molecule has 1 aliphatic heterocycles. The van der Waals surface area contributed by atoms with E-state index in [1.165, 1.54) is 21.8 Å². The second-order valence-electron chi connectivity index (χ2n) is 5.46. The SMILES string of the molecule is CN1CC(N(C)S(=O)(=O)c2cnc3ccsc3c2)CCC1=O. The average molecular weight is 339 g/mol. The summed E-state index contributed by atoms with van der Waals surface area (Å²) in [6, 6.07) is 3.32. The summed E-state index contributed by atoms with van der Waals surface area (Å²) < 4.78 is 27.8. The minimum absolute atomic E-state index is 0.0590. The normalized spacial score (nSPS) is 20.0. The number of nitrogens with zero attached hydrogens (tertiary/aromatic N) is 3. The fraction of sp³-hybridized carbons (Fsp3) is 0.429. The third-order valence-electron chi connectivity index (χ3n) is 4.07. The lowest BCUT2D eigenvalue weighted by molar-refractivity contribution is -0.133. The molecule has 0 bridgehead atoms. The molecule has 1 fully saturated rings. The number of likely N-dealkylation sites (N-methyl/N-ethyl adjacent to an activating group) is 2. The van der Waals surface area contributed by atoms with Gasteiger partial charge >= 0.3 is 0 Å². The summed E-state index contributed by atoms with van der Waals surface area (Å²) in [5.74, 6) is 0.0590. The fourth-order valence-corrected chi connectivity index (χ4v) is 4.82. The Morgan fingerprint density at radius 1 is 1.45 bits per heavy atom. The van der Waals surface area contributed by atoms with Gasteiger partial charge in [0.15, 0.2) is 0 Å². The molecule has 0 aromatic carbocycles. The molecule has 0 spiro atoms. The maximum atomic E-state index is 12.8. The van der Waals surface area contributed by atoms with E-state index in [-0.39, 0.29) is 16.8 Å². The van der Waals surface area contributed by atoms with Crippen LogP contribution in [0.15, 0.2) is 28.6 Å². The highest BCUT2D eigenvalue weighted by atomic mass is 32.2. The first-order valence-electron chi connectivity index (χ1n) is 6.95. The van der Waals surface area contributed by atoms with Crippen LogP contribution in [0, 0.1) is 0 Å². The molecule has 1 atom stereocenters. The Hall–Kier alpha value is -1.51. The van der Waals surface area contributed by atoms with Crippen molar-refractivity contribution in [2.75, 3.05) is 20.6 Å². The van der Waals surface area contributed by atoms with Crippen LogP contribution >= 0.6 is 11.3 Å². The van der Waals surface area contributed by atoms with Gasteiger partial charge in [-0.1, -0.05) is 0 Å². The van der Waals surface area contributed by atoms with E-state index < -0.39 is 10.0 Å². The molecule has 118 valence electrons. The predicted molar refractivity (Wildman–Crippen MR) is 85.2 cm³/mol. The molecule has 1 aliphatic rings. The lowest BCUT2D eigenvalue weighted by Gasteiger charge is -2.34. The Kier molecular flexibility index (Phi) is 3.92. The van der Waals surface area contributed by atoms with E-state index in [0.29, 0.717) is 19.4 Å². The van der Waals surface area contributed by atoms with Gasteiger partial charge in [-0.2, -0.15) is 4.31 Å². The zero-order valence-corrected chi connectivity index (χ0v) is 14.0. The summed E-state index contributed by atoms with van der Waals surface area (Å²) in [7, 11) is -0.335. The summed E-state index contributed by atoms with van der Waals surface area (Å²) in [6.45, 7) is 0.420. The number of rotatable bonds is 3. The number of likely N-dealkylation sites (tertiary alicyclic amines) is 1. The first kappa shape index (κ1) is 15.4. The standard InChI is InChI=1S/C14H17N3O3S2/c1-16-9-10(3-4-14(16)18)17(2)22(19,20)11-7-13-12(15-8-11)5-6-21-13/h5-8,10H,3-4,9H2,1-2H3. The summed E-state index contributed by atoms with van der Waals surface area (Å²) in [6.07, 6.45) is 2.33. The third-order valence-corrected chi connectivity index (χ3v) is 6.80. The van der Waals surface area contributed by atoms with Gasteiger partial charge in [-0.25, -0.2) is 8.42 Å². The van der Waals surface area contributed by atoms with Crippen LogP contribution in [0.5, 0.6) is 0 Å². The molecule has 3 heterocycles. The number of carbonyl (C=O) groups excluding carboxylic acids is 1. The zero-order chi connectivity index (χ0) is 15.9. The van der Waals surface area contributed by atoms with Gasteiger partial charge < -0.3 is 4.90 Å². The highest BCUT2D eigenvalue weighted by molar-refractivity contribution is 7.89. The van der Waals surface area contributed by atoms with Crippen LogP contribution in [0.3, 0.4) is 0 Å². The number of fused-ring (bicyclic) bond motifs is 1. The molecule has 0 aliphatic carbocycles. The molecule has 3 rings (SSSR count). The Labute approximate surface area is 133 Å². The molecular weight excluding hydrogens is 322 g/mol. The minimum Gasteiger partial charge on any atom is -0.344 e. The molecular formula is C14H17N3O3S2. The maximum Gasteiger partial charge on any atom is 0.244 e. The molecule has 2 aromatic heterocycles. The van der Waals surface area contributed by atoms with Gasteiger partial charge in [0.25, 0.3) is 0 Å². The van der Waals surface area contributed by atoms with Gasteiger partial charge in [-0.15, -0.1) is 11.3 Å². The Morgan fingerprint density at radius 3 is 2.95 bits per heavy atom. The largest absolute Gasteiger partial charge is 0.344 e. The topological polar surface area (TPSA) is 70.6 Å². The van der Waals surface area contributed by atoms with Crippen molar-refractivity contribution in [1.29, 1.82) is 0 Å². The Balaban J connectivity index is 1.89. The van der Waals surface area contributed by atoms with Crippen LogP contribution in [-0.2, 0) is 14.8 Å². The summed E-state index contributed by atoms with van der Waals surface area (Å²) >= 11 is 1.47. The first-order valence-corrected chi connectivity index (χ1v) is 9.27. The van der Waals surface area contributed by atoms with Crippen molar-refractivity contribution in [1.82, 2.24) is 14.2 Å². The quantitative estimate of drug-likeness (QED) is 0.850. The summed E-state index contributed by atoms with van der Waals surface area (Å²) in [5, 5.41) is 1.89. The number of thiophene rings is 1. The molecule has 2 aromatic rings. The van der Waals surface area contributed by atoms with Crippen molar-refractivity contribution < 1.29 is 13.2 Å². The number of hydrogen-bond acceptors (Lipinski definition) is 5. The van der Waals surface area contributed by atoms with Crippen molar-refractivity contribution in [2.24, 2.45) is 0 Å². The van der Waals surface area contributed by atoms with Crippen LogP contribution < -0.4 is 0 Å². The Bertz CT molecular complexity index is 816. The van der Waals surface area contributed by atoms with Crippen LogP contribution in [0.1, 0.15) is 12.8 Å². The molecule has 1 amide bonds. The van der Waals surface area contributed by atoms with Gasteiger partial charge in [0.05, 0.1) is 10.2 Å². The predicted octanol–water partition coefficient (Wildman–Crippen LogP) is 1.54. The zero-order valence-electron chi connectivity index (χ0n) is 12.4. The number of pyridine rings is 1. The highest BCUT2D eigenvalue weighted by Crippen LogP contribution is 2.26.